The smallest absolute Gasteiger partial charge is 0.489 e. The highest BCUT2D eigenvalue weighted by Crippen LogP contribution is 2.36. The van der Waals surface area contributed by atoms with Crippen LogP contribution >= 0.6 is 0 Å². The lowest BCUT2D eigenvalue weighted by molar-refractivity contribution is -0.288. The molecule has 0 saturated carbocycles. The van der Waals surface area contributed by atoms with E-state index in [1.165, 1.54) is 24.3 Å². The number of ether oxygens (including phenoxy) is 10. The van der Waals surface area contributed by atoms with Crippen LogP contribution in [0.15, 0.2) is 65.8 Å². The summed E-state index contributed by atoms with van der Waals surface area (Å²) in [5, 5.41) is 3.37. The van der Waals surface area contributed by atoms with E-state index in [-0.39, 0.29) is 50.5 Å². The molecule has 1 fully saturated rings. The zero-order valence-electron chi connectivity index (χ0n) is 37.0. The maximum Gasteiger partial charge on any atom is 0.501 e. The van der Waals surface area contributed by atoms with Gasteiger partial charge in [0.2, 0.25) is 12.4 Å². The van der Waals surface area contributed by atoms with Crippen molar-refractivity contribution < 1.29 is 88.1 Å². The summed E-state index contributed by atoms with van der Waals surface area (Å²) in [5.74, 6) is -4.52. The van der Waals surface area contributed by atoms with Gasteiger partial charge in [0.1, 0.15) is 30.8 Å². The van der Waals surface area contributed by atoms with E-state index < -0.39 is 88.9 Å². The third-order valence-electron chi connectivity index (χ3n) is 8.99. The molecule has 0 aliphatic carbocycles. The van der Waals surface area contributed by atoms with Crippen LogP contribution in [0.5, 0.6) is 23.0 Å². The number of carbonyl (C=O) groups is 5. The first kappa shape index (κ1) is 52.1. The fraction of sp³-hybridized carbons (Fsp3) is 0.465. The summed E-state index contributed by atoms with van der Waals surface area (Å²) >= 11 is 0. The van der Waals surface area contributed by atoms with Crippen LogP contribution in [0.2, 0.25) is 0 Å². The molecule has 0 radical (unpaired) electrons. The Morgan fingerprint density at radius 1 is 0.712 bits per heavy atom. The number of hydrogen-bond acceptors (Lipinski definition) is 20. The Morgan fingerprint density at radius 2 is 1.36 bits per heavy atom. The topological polar surface area (TPSA) is 279 Å². The molecule has 5 atom stereocenters. The number of benzene rings is 3. The van der Waals surface area contributed by atoms with Crippen molar-refractivity contribution in [1.82, 2.24) is 0 Å². The zero-order valence-corrected chi connectivity index (χ0v) is 37.8. The van der Waals surface area contributed by atoms with Crippen LogP contribution in [-0.4, -0.2) is 109 Å². The molecule has 0 amide bonds. The predicted octanol–water partition coefficient (Wildman–Crippen LogP) is 5.01. The second-order valence-corrected chi connectivity index (χ2v) is 15.4. The monoisotopic (exact) mass is 945 g/mol. The van der Waals surface area contributed by atoms with E-state index in [9.17, 15) is 32.4 Å². The second-order valence-electron chi connectivity index (χ2n) is 14.3. The van der Waals surface area contributed by atoms with E-state index in [1.807, 2.05) is 12.1 Å². The minimum Gasteiger partial charge on any atom is -0.489 e. The van der Waals surface area contributed by atoms with E-state index >= 15 is 0 Å². The Morgan fingerprint density at radius 3 is 2.02 bits per heavy atom. The van der Waals surface area contributed by atoms with Crippen LogP contribution in [-0.2, 0) is 87.3 Å². The first-order valence-corrected chi connectivity index (χ1v) is 21.5. The molecule has 1 aliphatic rings. The van der Waals surface area contributed by atoms with Crippen LogP contribution in [0.3, 0.4) is 0 Å². The number of azide groups is 1. The maximum atomic E-state index is 13.6. The number of ketones is 1. The van der Waals surface area contributed by atoms with Crippen molar-refractivity contribution >= 4 is 40.1 Å². The molecule has 358 valence electrons. The molecule has 1 unspecified atom stereocenters. The Kier molecular flexibility index (Phi) is 20.4. The van der Waals surface area contributed by atoms with Crippen LogP contribution in [0, 0.1) is 0 Å². The average Bonchev–Trinajstić information content (AvgIpc) is 3.25. The molecule has 0 bridgehead atoms. The summed E-state index contributed by atoms with van der Waals surface area (Å²) in [4.78, 5) is 64.8. The zero-order chi connectivity index (χ0) is 48.2. The van der Waals surface area contributed by atoms with Gasteiger partial charge in [-0.1, -0.05) is 23.3 Å². The summed E-state index contributed by atoms with van der Waals surface area (Å²) in [6.07, 6.45) is -7.87. The SMILES string of the molecule is COCc1ccc(OCc2ccc(OS(=O)(=O)Oc3cc(C(=O)CCCOCCN=[N+]=[N-])ccc3OC3O[C@@H](COC(C)=O)[C@@H](OC(C)=O)[C@@H](OC(C)=O)[C@@H]3OC(C)=O)cc2)c(COC)c1. The lowest BCUT2D eigenvalue weighted by atomic mass is 9.98. The van der Waals surface area contributed by atoms with E-state index in [0.29, 0.717) is 24.5 Å². The van der Waals surface area contributed by atoms with Crippen LogP contribution in [0.1, 0.15) is 67.6 Å². The Bertz CT molecular complexity index is 2300. The van der Waals surface area contributed by atoms with E-state index in [4.69, 9.17) is 61.3 Å². The number of esters is 4. The standard InChI is InChI=1S/C43H51N3O19S/c1-26(47)57-25-39-40(59-27(2)48)41(60-28(3)49)42(61-29(4)50)43(63-39)62-37-16-12-32(35(51)8-7-18-56-19-17-45-46-44)21-38(37)65-66(52,53)64-34-13-9-30(10-14-34)23-58-36-15-11-31(22-54-5)20-33(36)24-55-6/h9-16,20-21,39-43H,7-8,17-19,22-25H2,1-6H3/t39-,40+,41+,42-,43?/m0/s1. The van der Waals surface area contributed by atoms with Crippen molar-refractivity contribution in [2.45, 2.75) is 91.1 Å². The first-order chi connectivity index (χ1) is 31.5. The molecule has 3 aromatic carbocycles. The van der Waals surface area contributed by atoms with Crippen molar-refractivity contribution in [2.24, 2.45) is 5.11 Å². The minimum absolute atomic E-state index is 0.0329. The number of nitrogens with zero attached hydrogens (tertiary/aromatic N) is 3. The molecule has 23 heteroatoms. The minimum atomic E-state index is -5.04. The van der Waals surface area contributed by atoms with Crippen molar-refractivity contribution in [1.29, 1.82) is 0 Å². The van der Waals surface area contributed by atoms with Crippen LogP contribution in [0.4, 0.5) is 0 Å². The van der Waals surface area contributed by atoms with Gasteiger partial charge in [0.15, 0.2) is 29.5 Å². The fourth-order valence-corrected chi connectivity index (χ4v) is 7.06. The quantitative estimate of drug-likeness (QED) is 0.0194. The van der Waals surface area contributed by atoms with E-state index in [0.717, 1.165) is 44.9 Å². The van der Waals surface area contributed by atoms with Crippen molar-refractivity contribution in [3.05, 3.63) is 93.4 Å². The van der Waals surface area contributed by atoms with Crippen molar-refractivity contribution in [3.63, 3.8) is 0 Å². The van der Waals surface area contributed by atoms with Gasteiger partial charge in [-0.15, -0.1) is 8.42 Å². The predicted molar refractivity (Wildman–Crippen MR) is 226 cm³/mol. The van der Waals surface area contributed by atoms with Gasteiger partial charge >= 0.3 is 34.3 Å². The molecule has 4 rings (SSSR count). The van der Waals surface area contributed by atoms with Crippen LogP contribution < -0.4 is 17.8 Å². The van der Waals surface area contributed by atoms with Crippen molar-refractivity contribution in [3.8, 4) is 23.0 Å². The third kappa shape index (κ3) is 16.8. The van der Waals surface area contributed by atoms with Gasteiger partial charge in [-0.25, -0.2) is 0 Å². The first-order valence-electron chi connectivity index (χ1n) is 20.2. The molecule has 1 saturated heterocycles. The molecule has 22 nitrogen and oxygen atoms in total. The highest BCUT2D eigenvalue weighted by Gasteiger charge is 2.53. The molecule has 66 heavy (non-hydrogen) atoms. The summed E-state index contributed by atoms with van der Waals surface area (Å²) in [5.41, 5.74) is 10.8. The molecule has 3 aromatic rings. The summed E-state index contributed by atoms with van der Waals surface area (Å²) in [6, 6.07) is 14.9. The summed E-state index contributed by atoms with van der Waals surface area (Å²) in [6.45, 7) is 4.82. The molecule has 0 spiro atoms. The average molecular weight is 946 g/mol. The molecule has 0 N–H and O–H groups in total. The number of hydrogen-bond donors (Lipinski definition) is 0. The lowest BCUT2D eigenvalue weighted by Gasteiger charge is -2.43. The number of Topliss-reactive ketones (excluding diaryl/α,β-unsaturated/α-hetero) is 1. The van der Waals surface area contributed by atoms with Gasteiger partial charge in [-0.3, -0.25) is 24.0 Å². The number of carbonyl (C=O) groups excluding carboxylic acids is 5. The van der Waals surface area contributed by atoms with Gasteiger partial charge in [0.25, 0.3) is 0 Å². The molecule has 1 heterocycles. The highest BCUT2D eigenvalue weighted by atomic mass is 32.3. The van der Waals surface area contributed by atoms with Gasteiger partial charge in [-0.2, -0.15) is 0 Å². The Balaban J connectivity index is 1.64. The summed E-state index contributed by atoms with van der Waals surface area (Å²) < 4.78 is 93.3. The molecule has 1 aliphatic heterocycles. The molecular formula is C43H51N3O19S. The molecule has 0 aromatic heterocycles. The summed E-state index contributed by atoms with van der Waals surface area (Å²) in [7, 11) is -1.88. The Labute approximate surface area is 380 Å². The van der Waals surface area contributed by atoms with Crippen molar-refractivity contribution in [2.75, 3.05) is 40.6 Å². The molecular weight excluding hydrogens is 895 g/mol. The highest BCUT2D eigenvalue weighted by molar-refractivity contribution is 7.82. The lowest BCUT2D eigenvalue weighted by Crippen LogP contribution is -2.63. The number of methoxy groups -OCH3 is 2. The van der Waals surface area contributed by atoms with Crippen LogP contribution in [0.25, 0.3) is 10.4 Å². The normalized spacial score (nSPS) is 17.9. The van der Waals surface area contributed by atoms with Gasteiger partial charge in [0.05, 0.1) is 19.8 Å². The van der Waals surface area contributed by atoms with E-state index in [1.54, 1.807) is 32.4 Å². The maximum absolute atomic E-state index is 13.6. The van der Waals surface area contributed by atoms with Gasteiger partial charge in [0, 0.05) is 77.5 Å². The number of rotatable bonds is 26. The second kappa shape index (κ2) is 25.9. The Hall–Kier alpha value is -6.49. The third-order valence-corrected chi connectivity index (χ3v) is 9.77. The van der Waals surface area contributed by atoms with Gasteiger partial charge < -0.3 is 55.7 Å². The van der Waals surface area contributed by atoms with E-state index in [2.05, 4.69) is 10.0 Å². The van der Waals surface area contributed by atoms with Gasteiger partial charge in [-0.05, 0) is 65.5 Å². The largest absolute Gasteiger partial charge is 0.501 e. The fourth-order valence-electron chi connectivity index (χ4n) is 6.33.